The predicted octanol–water partition coefficient (Wildman–Crippen LogP) is 3.51. The van der Waals surface area contributed by atoms with Crippen LogP contribution in [0.2, 0.25) is 5.02 Å². The van der Waals surface area contributed by atoms with Crippen molar-refractivity contribution in [1.29, 1.82) is 0 Å². The summed E-state index contributed by atoms with van der Waals surface area (Å²) in [5.41, 5.74) is 4.51. The Morgan fingerprint density at radius 2 is 1.72 bits per heavy atom. The van der Waals surface area contributed by atoms with Crippen LogP contribution in [0, 0.1) is 26.7 Å². The molecule has 2 rings (SSSR count). The summed E-state index contributed by atoms with van der Waals surface area (Å²) in [5, 5.41) is 13.9. The van der Waals surface area contributed by atoms with E-state index in [4.69, 9.17) is 11.6 Å². The van der Waals surface area contributed by atoms with Crippen molar-refractivity contribution in [2.45, 2.75) is 40.0 Å². The van der Waals surface area contributed by atoms with Gasteiger partial charge in [-0.1, -0.05) is 11.6 Å². The number of phenols is 1. The first-order valence-electron chi connectivity index (χ1n) is 6.70. The summed E-state index contributed by atoms with van der Waals surface area (Å²) in [6.07, 6.45) is 3.55. The second-order valence-electron chi connectivity index (χ2n) is 5.41. The van der Waals surface area contributed by atoms with Crippen LogP contribution in [0.1, 0.15) is 35.1 Å². The monoisotopic (exact) mass is 267 g/mol. The molecule has 2 N–H and O–H groups in total. The van der Waals surface area contributed by atoms with E-state index in [1.165, 1.54) is 24.0 Å². The molecule has 0 saturated carbocycles. The molecule has 0 aliphatic carbocycles. The molecule has 0 spiro atoms. The van der Waals surface area contributed by atoms with Gasteiger partial charge in [0, 0.05) is 0 Å². The van der Waals surface area contributed by atoms with E-state index in [9.17, 15) is 5.11 Å². The molecular weight excluding hydrogens is 246 g/mol. The van der Waals surface area contributed by atoms with Crippen LogP contribution in [0.5, 0.6) is 5.75 Å². The van der Waals surface area contributed by atoms with Gasteiger partial charge in [-0.15, -0.1) is 0 Å². The van der Waals surface area contributed by atoms with Gasteiger partial charge in [-0.3, -0.25) is 0 Å². The standard InChI is InChI=1S/C15H22ClNO/c1-9-10(2)15(18)14(16)11(3)13(9)8-12-4-6-17-7-5-12/h12,17-18H,4-8H2,1-3H3. The summed E-state index contributed by atoms with van der Waals surface area (Å²) in [7, 11) is 0. The van der Waals surface area contributed by atoms with Gasteiger partial charge < -0.3 is 10.4 Å². The average molecular weight is 268 g/mol. The molecule has 1 aromatic carbocycles. The van der Waals surface area contributed by atoms with Crippen molar-refractivity contribution in [3.63, 3.8) is 0 Å². The fraction of sp³-hybridized carbons (Fsp3) is 0.600. The minimum absolute atomic E-state index is 0.251. The van der Waals surface area contributed by atoms with Crippen LogP contribution in [0.4, 0.5) is 0 Å². The molecule has 1 aliphatic rings. The highest BCUT2D eigenvalue weighted by molar-refractivity contribution is 6.33. The van der Waals surface area contributed by atoms with E-state index in [2.05, 4.69) is 12.2 Å². The van der Waals surface area contributed by atoms with Gasteiger partial charge in [-0.05, 0) is 81.3 Å². The van der Waals surface area contributed by atoms with Crippen molar-refractivity contribution in [2.24, 2.45) is 5.92 Å². The Morgan fingerprint density at radius 1 is 1.11 bits per heavy atom. The first-order chi connectivity index (χ1) is 8.52. The van der Waals surface area contributed by atoms with E-state index in [1.54, 1.807) is 0 Å². The number of piperidine rings is 1. The lowest BCUT2D eigenvalue weighted by Crippen LogP contribution is -2.29. The zero-order valence-electron chi connectivity index (χ0n) is 11.4. The highest BCUT2D eigenvalue weighted by Crippen LogP contribution is 2.37. The molecule has 0 aromatic heterocycles. The predicted molar refractivity (Wildman–Crippen MR) is 76.6 cm³/mol. The number of benzene rings is 1. The summed E-state index contributed by atoms with van der Waals surface area (Å²) < 4.78 is 0. The van der Waals surface area contributed by atoms with Crippen molar-refractivity contribution >= 4 is 11.6 Å². The summed E-state index contributed by atoms with van der Waals surface area (Å²) in [4.78, 5) is 0. The van der Waals surface area contributed by atoms with Gasteiger partial charge in [-0.2, -0.15) is 0 Å². The SMILES string of the molecule is Cc1c(C)c(CC2CCNCC2)c(C)c(Cl)c1O. The van der Waals surface area contributed by atoms with Crippen molar-refractivity contribution < 1.29 is 5.11 Å². The van der Waals surface area contributed by atoms with Gasteiger partial charge in [0.05, 0.1) is 5.02 Å². The van der Waals surface area contributed by atoms with Crippen molar-refractivity contribution in [1.82, 2.24) is 5.32 Å². The Balaban J connectivity index is 2.32. The van der Waals surface area contributed by atoms with E-state index < -0.39 is 0 Å². The van der Waals surface area contributed by atoms with E-state index >= 15 is 0 Å². The third kappa shape index (κ3) is 2.50. The molecule has 2 nitrogen and oxygen atoms in total. The van der Waals surface area contributed by atoms with E-state index in [1.807, 2.05) is 13.8 Å². The molecule has 0 unspecified atom stereocenters. The maximum Gasteiger partial charge on any atom is 0.137 e. The average Bonchev–Trinajstić information content (AvgIpc) is 2.40. The number of hydrogen-bond donors (Lipinski definition) is 2. The van der Waals surface area contributed by atoms with E-state index in [0.29, 0.717) is 5.02 Å². The lowest BCUT2D eigenvalue weighted by molar-refractivity contribution is 0.371. The number of nitrogens with one attached hydrogen (secondary N) is 1. The summed E-state index contributed by atoms with van der Waals surface area (Å²) in [5.74, 6) is 0.990. The zero-order valence-corrected chi connectivity index (χ0v) is 12.2. The molecule has 0 atom stereocenters. The first kappa shape index (κ1) is 13.7. The minimum atomic E-state index is 0.251. The third-order valence-corrected chi connectivity index (χ3v) is 4.77. The molecule has 0 radical (unpaired) electrons. The van der Waals surface area contributed by atoms with Crippen LogP contribution < -0.4 is 5.32 Å². The summed E-state index contributed by atoms with van der Waals surface area (Å²) >= 11 is 6.22. The fourth-order valence-corrected chi connectivity index (χ4v) is 3.10. The Hall–Kier alpha value is -0.730. The van der Waals surface area contributed by atoms with Crippen molar-refractivity contribution in [3.8, 4) is 5.75 Å². The molecule has 100 valence electrons. The van der Waals surface area contributed by atoms with Crippen molar-refractivity contribution in [3.05, 3.63) is 27.3 Å². The second-order valence-corrected chi connectivity index (χ2v) is 5.79. The highest BCUT2D eigenvalue weighted by atomic mass is 35.5. The molecule has 18 heavy (non-hydrogen) atoms. The number of rotatable bonds is 2. The van der Waals surface area contributed by atoms with E-state index in [-0.39, 0.29) is 5.75 Å². The molecule has 1 aromatic rings. The minimum Gasteiger partial charge on any atom is -0.506 e. The van der Waals surface area contributed by atoms with Crippen LogP contribution >= 0.6 is 11.6 Å². The molecule has 0 amide bonds. The largest absolute Gasteiger partial charge is 0.506 e. The van der Waals surface area contributed by atoms with Crippen LogP contribution in [-0.2, 0) is 6.42 Å². The van der Waals surface area contributed by atoms with Gasteiger partial charge in [-0.25, -0.2) is 0 Å². The number of halogens is 1. The molecule has 1 saturated heterocycles. The maximum absolute atomic E-state index is 9.96. The number of aromatic hydroxyl groups is 1. The first-order valence-corrected chi connectivity index (χ1v) is 7.08. The molecule has 0 bridgehead atoms. The maximum atomic E-state index is 9.96. The zero-order chi connectivity index (χ0) is 13.3. The quantitative estimate of drug-likeness (QED) is 0.859. The van der Waals surface area contributed by atoms with Gasteiger partial charge in [0.15, 0.2) is 0 Å². The molecule has 1 aliphatic heterocycles. The third-order valence-electron chi connectivity index (χ3n) is 4.31. The van der Waals surface area contributed by atoms with Gasteiger partial charge in [0.2, 0.25) is 0 Å². The smallest absolute Gasteiger partial charge is 0.137 e. The van der Waals surface area contributed by atoms with Crippen LogP contribution in [0.25, 0.3) is 0 Å². The van der Waals surface area contributed by atoms with Gasteiger partial charge in [0.1, 0.15) is 5.75 Å². The topological polar surface area (TPSA) is 32.3 Å². The molecule has 1 heterocycles. The lowest BCUT2D eigenvalue weighted by atomic mass is 9.86. The number of hydrogen-bond acceptors (Lipinski definition) is 2. The van der Waals surface area contributed by atoms with Gasteiger partial charge >= 0.3 is 0 Å². The van der Waals surface area contributed by atoms with Crippen LogP contribution in [-0.4, -0.2) is 18.2 Å². The Bertz CT molecular complexity index is 421. The summed E-state index contributed by atoms with van der Waals surface area (Å²) in [6.45, 7) is 8.29. The fourth-order valence-electron chi connectivity index (χ4n) is 2.84. The normalized spacial score (nSPS) is 17.1. The lowest BCUT2D eigenvalue weighted by Gasteiger charge is -2.25. The number of phenolic OH excluding ortho intramolecular Hbond substituents is 1. The Morgan fingerprint density at radius 3 is 2.33 bits per heavy atom. The molecule has 1 fully saturated rings. The highest BCUT2D eigenvalue weighted by Gasteiger charge is 2.20. The molecular formula is C15H22ClNO. The van der Waals surface area contributed by atoms with Gasteiger partial charge in [0.25, 0.3) is 0 Å². The summed E-state index contributed by atoms with van der Waals surface area (Å²) in [6, 6.07) is 0. The Kier molecular flexibility index (Phi) is 4.18. The van der Waals surface area contributed by atoms with E-state index in [0.717, 1.165) is 36.6 Å². The molecule has 3 heteroatoms. The van der Waals surface area contributed by atoms with Crippen molar-refractivity contribution in [2.75, 3.05) is 13.1 Å². The Labute approximate surface area is 114 Å². The van der Waals surface area contributed by atoms with Crippen LogP contribution in [0.15, 0.2) is 0 Å². The van der Waals surface area contributed by atoms with Crippen LogP contribution in [0.3, 0.4) is 0 Å². The second kappa shape index (κ2) is 5.50.